The highest BCUT2D eigenvalue weighted by Crippen LogP contribution is 2.17. The number of carbonyl (C=O) groups is 1. The maximum absolute atomic E-state index is 11.8. The number of carbonyl (C=O) groups excluding carboxylic acids is 1. The molecule has 0 aliphatic carbocycles. The first-order valence-corrected chi connectivity index (χ1v) is 4.39. The summed E-state index contributed by atoms with van der Waals surface area (Å²) in [4.78, 5) is 11.2. The van der Waals surface area contributed by atoms with Gasteiger partial charge in [0, 0.05) is 5.69 Å². The van der Waals surface area contributed by atoms with E-state index in [0.717, 1.165) is 0 Å². The highest BCUT2D eigenvalue weighted by molar-refractivity contribution is 5.90. The highest BCUT2D eigenvalue weighted by atomic mass is 19.4. The second kappa shape index (κ2) is 4.42. The van der Waals surface area contributed by atoms with Crippen LogP contribution in [0.2, 0.25) is 0 Å². The first-order chi connectivity index (χ1) is 7.28. The molecular formula is C10H10F3NO2. The molecule has 1 aromatic rings. The minimum absolute atomic E-state index is 0.0155. The van der Waals surface area contributed by atoms with Gasteiger partial charge in [0.05, 0.1) is 5.56 Å². The molecule has 0 saturated carbocycles. The van der Waals surface area contributed by atoms with E-state index in [4.69, 9.17) is 5.73 Å². The lowest BCUT2D eigenvalue weighted by atomic mass is 10.1. The summed E-state index contributed by atoms with van der Waals surface area (Å²) in [5, 5.41) is 0. The number of nitrogens with two attached hydrogens (primary N) is 1. The molecule has 1 rings (SSSR count). The molecule has 2 N–H and O–H groups in total. The molecule has 0 bridgehead atoms. The summed E-state index contributed by atoms with van der Waals surface area (Å²) in [7, 11) is 0. The molecule has 1 aromatic carbocycles. The number of esters is 1. The maximum Gasteiger partial charge on any atom is 0.422 e. The molecule has 0 amide bonds. The van der Waals surface area contributed by atoms with E-state index in [1.165, 1.54) is 12.1 Å². The van der Waals surface area contributed by atoms with E-state index < -0.39 is 18.8 Å². The summed E-state index contributed by atoms with van der Waals surface area (Å²) < 4.78 is 39.4. The normalized spacial score (nSPS) is 11.2. The van der Waals surface area contributed by atoms with Crippen LogP contribution in [0.3, 0.4) is 0 Å². The van der Waals surface area contributed by atoms with Gasteiger partial charge in [0.15, 0.2) is 6.61 Å². The Labute approximate surface area is 90.0 Å². The van der Waals surface area contributed by atoms with Crippen LogP contribution in [0.1, 0.15) is 15.9 Å². The Balaban J connectivity index is 2.73. The lowest BCUT2D eigenvalue weighted by Crippen LogP contribution is -2.20. The predicted molar refractivity (Wildman–Crippen MR) is 51.9 cm³/mol. The van der Waals surface area contributed by atoms with Gasteiger partial charge < -0.3 is 10.5 Å². The Kier molecular flexibility index (Phi) is 3.41. The van der Waals surface area contributed by atoms with Crippen LogP contribution in [-0.4, -0.2) is 18.8 Å². The average molecular weight is 233 g/mol. The van der Waals surface area contributed by atoms with Crippen molar-refractivity contribution in [2.45, 2.75) is 13.1 Å². The zero-order chi connectivity index (χ0) is 12.3. The van der Waals surface area contributed by atoms with Crippen LogP contribution in [0.5, 0.6) is 0 Å². The fourth-order valence-electron chi connectivity index (χ4n) is 1.16. The largest absolute Gasteiger partial charge is 0.452 e. The maximum atomic E-state index is 11.8. The molecule has 88 valence electrons. The van der Waals surface area contributed by atoms with Crippen molar-refractivity contribution in [1.29, 1.82) is 0 Å². The number of aryl methyl sites for hydroxylation is 1. The molecule has 0 aliphatic heterocycles. The number of halogens is 3. The number of hydrogen-bond donors (Lipinski definition) is 1. The van der Waals surface area contributed by atoms with Crippen molar-refractivity contribution in [2.24, 2.45) is 0 Å². The summed E-state index contributed by atoms with van der Waals surface area (Å²) >= 11 is 0. The number of benzene rings is 1. The van der Waals surface area contributed by atoms with Gasteiger partial charge in [-0.25, -0.2) is 4.79 Å². The average Bonchev–Trinajstić information content (AvgIpc) is 2.11. The van der Waals surface area contributed by atoms with Gasteiger partial charge in [0.25, 0.3) is 0 Å². The first-order valence-electron chi connectivity index (χ1n) is 4.39. The summed E-state index contributed by atoms with van der Waals surface area (Å²) in [6, 6.07) is 4.28. The van der Waals surface area contributed by atoms with Crippen molar-refractivity contribution in [3.63, 3.8) is 0 Å². The summed E-state index contributed by atoms with van der Waals surface area (Å²) in [5.41, 5.74) is 6.45. The molecule has 6 heteroatoms. The molecule has 0 atom stereocenters. The first kappa shape index (κ1) is 12.4. The van der Waals surface area contributed by atoms with Gasteiger partial charge in [0.2, 0.25) is 0 Å². The number of alkyl halides is 3. The van der Waals surface area contributed by atoms with Crippen LogP contribution in [0.25, 0.3) is 0 Å². The molecule has 16 heavy (non-hydrogen) atoms. The van der Waals surface area contributed by atoms with Crippen molar-refractivity contribution in [2.75, 3.05) is 12.3 Å². The third-order valence-corrected chi connectivity index (χ3v) is 1.70. The van der Waals surface area contributed by atoms with Crippen LogP contribution in [0.15, 0.2) is 18.2 Å². The smallest absolute Gasteiger partial charge is 0.422 e. The molecule has 0 unspecified atom stereocenters. The van der Waals surface area contributed by atoms with E-state index in [2.05, 4.69) is 4.74 Å². The number of ether oxygens (including phenoxy) is 1. The van der Waals surface area contributed by atoms with Gasteiger partial charge in [0.1, 0.15) is 0 Å². The van der Waals surface area contributed by atoms with Crippen molar-refractivity contribution < 1.29 is 22.7 Å². The van der Waals surface area contributed by atoms with Gasteiger partial charge in [-0.1, -0.05) is 0 Å². The van der Waals surface area contributed by atoms with Crippen LogP contribution in [-0.2, 0) is 4.74 Å². The van der Waals surface area contributed by atoms with Crippen LogP contribution in [0.4, 0.5) is 18.9 Å². The van der Waals surface area contributed by atoms with Crippen LogP contribution < -0.4 is 5.73 Å². The van der Waals surface area contributed by atoms with Crippen molar-refractivity contribution >= 4 is 11.7 Å². The molecule has 0 heterocycles. The fraction of sp³-hybridized carbons (Fsp3) is 0.300. The summed E-state index contributed by atoms with van der Waals surface area (Å²) in [6.45, 7) is 0.0799. The van der Waals surface area contributed by atoms with Gasteiger partial charge in [-0.3, -0.25) is 0 Å². The van der Waals surface area contributed by atoms with E-state index in [9.17, 15) is 18.0 Å². The Morgan fingerprint density at radius 3 is 2.50 bits per heavy atom. The van der Waals surface area contributed by atoms with Crippen LogP contribution in [0, 0.1) is 6.92 Å². The minimum atomic E-state index is -4.52. The Morgan fingerprint density at radius 2 is 2.00 bits per heavy atom. The molecule has 0 radical (unpaired) electrons. The third kappa shape index (κ3) is 3.80. The van der Waals surface area contributed by atoms with Crippen LogP contribution >= 0.6 is 0 Å². The number of rotatable bonds is 2. The second-order valence-corrected chi connectivity index (χ2v) is 3.32. The fourth-order valence-corrected chi connectivity index (χ4v) is 1.16. The Morgan fingerprint density at radius 1 is 1.38 bits per heavy atom. The van der Waals surface area contributed by atoms with Gasteiger partial charge in [-0.05, 0) is 30.7 Å². The van der Waals surface area contributed by atoms with E-state index in [-0.39, 0.29) is 5.56 Å². The minimum Gasteiger partial charge on any atom is -0.452 e. The molecular weight excluding hydrogens is 223 g/mol. The zero-order valence-corrected chi connectivity index (χ0v) is 8.47. The van der Waals surface area contributed by atoms with Crippen molar-refractivity contribution in [1.82, 2.24) is 0 Å². The lowest BCUT2D eigenvalue weighted by molar-refractivity contribution is -0.161. The van der Waals surface area contributed by atoms with Crippen molar-refractivity contribution in [3.8, 4) is 0 Å². The SMILES string of the molecule is Cc1cc(N)cc(C(=O)OCC(F)(F)F)c1. The van der Waals surface area contributed by atoms with E-state index in [1.54, 1.807) is 13.0 Å². The Bertz CT molecular complexity index is 381. The summed E-state index contributed by atoms with van der Waals surface area (Å²) in [5.74, 6) is -1.03. The standard InChI is InChI=1S/C10H10F3NO2/c1-6-2-7(4-8(14)3-6)9(15)16-5-10(11,12)13/h2-4H,5,14H2,1H3. The quantitative estimate of drug-likeness (QED) is 0.629. The molecule has 0 saturated heterocycles. The molecule has 0 spiro atoms. The van der Waals surface area contributed by atoms with E-state index in [0.29, 0.717) is 11.3 Å². The van der Waals surface area contributed by atoms with E-state index in [1.807, 2.05) is 0 Å². The number of hydrogen-bond acceptors (Lipinski definition) is 3. The molecule has 0 fully saturated rings. The summed E-state index contributed by atoms with van der Waals surface area (Å²) in [6.07, 6.45) is -4.52. The molecule has 0 aliphatic rings. The Hall–Kier alpha value is -1.72. The zero-order valence-electron chi connectivity index (χ0n) is 8.47. The number of nitrogen functional groups attached to an aromatic ring is 1. The predicted octanol–water partition coefficient (Wildman–Crippen LogP) is 2.30. The van der Waals surface area contributed by atoms with E-state index >= 15 is 0 Å². The number of anilines is 1. The topological polar surface area (TPSA) is 52.3 Å². The van der Waals surface area contributed by atoms with Gasteiger partial charge in [-0.2, -0.15) is 13.2 Å². The highest BCUT2D eigenvalue weighted by Gasteiger charge is 2.29. The molecule has 0 aromatic heterocycles. The lowest BCUT2D eigenvalue weighted by Gasteiger charge is -2.08. The second-order valence-electron chi connectivity index (χ2n) is 3.32. The van der Waals surface area contributed by atoms with Crippen molar-refractivity contribution in [3.05, 3.63) is 29.3 Å². The van der Waals surface area contributed by atoms with Gasteiger partial charge in [-0.15, -0.1) is 0 Å². The third-order valence-electron chi connectivity index (χ3n) is 1.70. The monoisotopic (exact) mass is 233 g/mol. The molecule has 3 nitrogen and oxygen atoms in total. The van der Waals surface area contributed by atoms with Gasteiger partial charge >= 0.3 is 12.1 Å².